The number of nitrogens with one attached hydrogen (secondary N) is 1. The van der Waals surface area contributed by atoms with Gasteiger partial charge in [0.15, 0.2) is 0 Å². The van der Waals surface area contributed by atoms with Crippen LogP contribution in [0.2, 0.25) is 0 Å². The van der Waals surface area contributed by atoms with Crippen molar-refractivity contribution in [3.05, 3.63) is 71.4 Å². The van der Waals surface area contributed by atoms with E-state index in [0.29, 0.717) is 12.2 Å². The molecule has 1 aromatic heterocycles. The Labute approximate surface area is 166 Å². The van der Waals surface area contributed by atoms with Gasteiger partial charge in [0.1, 0.15) is 5.82 Å². The number of aromatic nitrogens is 2. The summed E-state index contributed by atoms with van der Waals surface area (Å²) in [6.45, 7) is 2.33. The lowest BCUT2D eigenvalue weighted by molar-refractivity contribution is -0.117. The number of nitrogens with zero attached hydrogens (tertiary/aromatic N) is 3. The van der Waals surface area contributed by atoms with Crippen LogP contribution in [0.1, 0.15) is 29.4 Å². The van der Waals surface area contributed by atoms with Gasteiger partial charge in [-0.05, 0) is 36.8 Å². The number of amides is 2. The zero-order valence-electron chi connectivity index (χ0n) is 15.8. The van der Waals surface area contributed by atoms with E-state index in [1.807, 2.05) is 31.2 Å². The number of benzene rings is 2. The van der Waals surface area contributed by atoms with Crippen molar-refractivity contribution in [3.8, 4) is 0 Å². The van der Waals surface area contributed by atoms with E-state index >= 15 is 0 Å². The lowest BCUT2D eigenvalue weighted by Crippen LogP contribution is -2.24. The highest BCUT2D eigenvalue weighted by Gasteiger charge is 2.35. The van der Waals surface area contributed by atoms with Crippen LogP contribution >= 0.6 is 0 Å². The van der Waals surface area contributed by atoms with E-state index in [-0.39, 0.29) is 48.3 Å². The van der Waals surface area contributed by atoms with Crippen molar-refractivity contribution < 1.29 is 18.4 Å². The summed E-state index contributed by atoms with van der Waals surface area (Å²) in [5.74, 6) is -0.736. The molecule has 2 heterocycles. The van der Waals surface area contributed by atoms with Gasteiger partial charge in [0.05, 0.1) is 12.3 Å². The van der Waals surface area contributed by atoms with Crippen LogP contribution in [0.5, 0.6) is 0 Å². The Morgan fingerprint density at radius 2 is 1.90 bits per heavy atom. The number of hydrogen-bond acceptors (Lipinski definition) is 5. The molecule has 4 rings (SSSR count). The molecule has 1 atom stereocenters. The molecule has 8 heteroatoms. The third kappa shape index (κ3) is 4.31. The minimum absolute atomic E-state index is 0.00444. The Kier molecular flexibility index (Phi) is 5.07. The standard InChI is InChI=1S/C21H19FN4O3/c1-13-2-4-14(5-3-13)10-18(27)23-21-25-24-20(29-21)15-11-19(28)26(12-15)17-8-6-16(22)7-9-17/h2-9,15H,10-12H2,1H3,(H,23,25,27)/t15-/m1/s1. The molecule has 0 radical (unpaired) electrons. The molecular weight excluding hydrogens is 375 g/mol. The average Bonchev–Trinajstić information content (AvgIpc) is 3.31. The van der Waals surface area contributed by atoms with Crippen molar-refractivity contribution >= 4 is 23.5 Å². The summed E-state index contributed by atoms with van der Waals surface area (Å²) in [7, 11) is 0. The highest BCUT2D eigenvalue weighted by atomic mass is 19.1. The normalized spacial score (nSPS) is 16.3. The summed E-state index contributed by atoms with van der Waals surface area (Å²) >= 11 is 0. The molecule has 2 aromatic carbocycles. The van der Waals surface area contributed by atoms with Crippen molar-refractivity contribution in [2.75, 3.05) is 16.8 Å². The fourth-order valence-electron chi connectivity index (χ4n) is 3.25. The van der Waals surface area contributed by atoms with Crippen molar-refractivity contribution in [2.45, 2.75) is 25.7 Å². The quantitative estimate of drug-likeness (QED) is 0.718. The molecule has 1 saturated heterocycles. The highest BCUT2D eigenvalue weighted by Crippen LogP contribution is 2.31. The number of carbonyl (C=O) groups excluding carboxylic acids is 2. The lowest BCUT2D eigenvalue weighted by Gasteiger charge is -2.15. The van der Waals surface area contributed by atoms with Crippen LogP contribution in [-0.2, 0) is 16.0 Å². The second kappa shape index (κ2) is 7.83. The van der Waals surface area contributed by atoms with Crippen LogP contribution in [0.25, 0.3) is 0 Å². The number of carbonyl (C=O) groups is 2. The van der Waals surface area contributed by atoms with E-state index in [4.69, 9.17) is 4.42 Å². The monoisotopic (exact) mass is 394 g/mol. The summed E-state index contributed by atoms with van der Waals surface area (Å²) in [5.41, 5.74) is 2.62. The Morgan fingerprint density at radius 3 is 2.62 bits per heavy atom. The van der Waals surface area contributed by atoms with Gasteiger partial charge in [0, 0.05) is 18.7 Å². The average molecular weight is 394 g/mol. The summed E-state index contributed by atoms with van der Waals surface area (Å²) in [6, 6.07) is 13.4. The first kappa shape index (κ1) is 18.8. The van der Waals surface area contributed by atoms with Crippen LogP contribution in [0.15, 0.2) is 52.9 Å². The minimum atomic E-state index is -0.361. The number of rotatable bonds is 5. The maximum atomic E-state index is 13.1. The SMILES string of the molecule is Cc1ccc(CC(=O)Nc2nnc([C@@H]3CC(=O)N(c4ccc(F)cc4)C3)o2)cc1. The van der Waals surface area contributed by atoms with Crippen molar-refractivity contribution in [3.63, 3.8) is 0 Å². The minimum Gasteiger partial charge on any atom is -0.407 e. The topological polar surface area (TPSA) is 88.3 Å². The molecule has 1 aliphatic heterocycles. The predicted octanol–water partition coefficient (Wildman–Crippen LogP) is 3.22. The smallest absolute Gasteiger partial charge is 0.322 e. The summed E-state index contributed by atoms with van der Waals surface area (Å²) in [5, 5.41) is 10.4. The first-order valence-corrected chi connectivity index (χ1v) is 9.22. The van der Waals surface area contributed by atoms with Crippen molar-refractivity contribution in [2.24, 2.45) is 0 Å². The summed E-state index contributed by atoms with van der Waals surface area (Å²) in [6.07, 6.45) is 0.397. The Balaban J connectivity index is 1.38. The first-order chi connectivity index (χ1) is 14.0. The third-order valence-corrected chi connectivity index (χ3v) is 4.78. The Hall–Kier alpha value is -3.55. The number of halogens is 1. The van der Waals surface area contributed by atoms with Crippen molar-refractivity contribution in [1.82, 2.24) is 10.2 Å². The van der Waals surface area contributed by atoms with Gasteiger partial charge in [-0.1, -0.05) is 34.9 Å². The van der Waals surface area contributed by atoms with Gasteiger partial charge in [-0.25, -0.2) is 4.39 Å². The van der Waals surface area contributed by atoms with Gasteiger partial charge in [0.25, 0.3) is 0 Å². The van der Waals surface area contributed by atoms with Gasteiger partial charge in [-0.3, -0.25) is 14.9 Å². The maximum absolute atomic E-state index is 13.1. The molecule has 3 aromatic rings. The van der Waals surface area contributed by atoms with E-state index in [0.717, 1.165) is 11.1 Å². The molecule has 0 bridgehead atoms. The zero-order chi connectivity index (χ0) is 20.4. The van der Waals surface area contributed by atoms with Crippen LogP contribution in [0.4, 0.5) is 16.1 Å². The molecule has 1 fully saturated rings. The largest absolute Gasteiger partial charge is 0.407 e. The van der Waals surface area contributed by atoms with Crippen LogP contribution in [-0.4, -0.2) is 28.6 Å². The molecule has 29 heavy (non-hydrogen) atoms. The van der Waals surface area contributed by atoms with Crippen molar-refractivity contribution in [1.29, 1.82) is 0 Å². The fraction of sp³-hybridized carbons (Fsp3) is 0.238. The second-order valence-corrected chi connectivity index (χ2v) is 7.04. The number of aryl methyl sites for hydroxylation is 1. The third-order valence-electron chi connectivity index (χ3n) is 4.78. The highest BCUT2D eigenvalue weighted by molar-refractivity contribution is 5.96. The van der Waals surface area contributed by atoms with E-state index in [9.17, 15) is 14.0 Å². The molecule has 0 spiro atoms. The van der Waals surface area contributed by atoms with E-state index in [1.165, 1.54) is 12.1 Å². The van der Waals surface area contributed by atoms with Crippen LogP contribution in [0.3, 0.4) is 0 Å². The predicted molar refractivity (Wildman–Crippen MR) is 104 cm³/mol. The summed E-state index contributed by atoms with van der Waals surface area (Å²) < 4.78 is 18.7. The zero-order valence-corrected chi connectivity index (χ0v) is 15.8. The first-order valence-electron chi connectivity index (χ1n) is 9.22. The molecule has 148 valence electrons. The second-order valence-electron chi connectivity index (χ2n) is 7.04. The molecule has 2 amide bonds. The molecular formula is C21H19FN4O3. The van der Waals surface area contributed by atoms with E-state index < -0.39 is 0 Å². The number of anilines is 2. The van der Waals surface area contributed by atoms with Gasteiger partial charge < -0.3 is 9.32 Å². The molecule has 0 saturated carbocycles. The van der Waals surface area contributed by atoms with E-state index in [2.05, 4.69) is 15.5 Å². The van der Waals surface area contributed by atoms with Crippen LogP contribution < -0.4 is 10.2 Å². The fourth-order valence-corrected chi connectivity index (χ4v) is 3.25. The Morgan fingerprint density at radius 1 is 1.17 bits per heavy atom. The van der Waals surface area contributed by atoms with E-state index in [1.54, 1.807) is 17.0 Å². The van der Waals surface area contributed by atoms with Gasteiger partial charge in [-0.15, -0.1) is 5.10 Å². The van der Waals surface area contributed by atoms with Gasteiger partial charge in [-0.2, -0.15) is 0 Å². The van der Waals surface area contributed by atoms with Gasteiger partial charge in [0.2, 0.25) is 17.7 Å². The molecule has 0 unspecified atom stereocenters. The molecule has 0 aliphatic carbocycles. The Bertz CT molecular complexity index is 1030. The number of hydrogen-bond donors (Lipinski definition) is 1. The van der Waals surface area contributed by atoms with Gasteiger partial charge >= 0.3 is 6.01 Å². The summed E-state index contributed by atoms with van der Waals surface area (Å²) in [4.78, 5) is 26.1. The molecule has 1 aliphatic rings. The molecule has 1 N–H and O–H groups in total. The molecule has 7 nitrogen and oxygen atoms in total. The maximum Gasteiger partial charge on any atom is 0.322 e. The van der Waals surface area contributed by atoms with Crippen LogP contribution in [0, 0.1) is 12.7 Å². The lowest BCUT2D eigenvalue weighted by atomic mass is 10.1.